The molecule has 1 saturated heterocycles. The minimum absolute atomic E-state index is 0.0734. The Morgan fingerprint density at radius 3 is 2.59 bits per heavy atom. The first kappa shape index (κ1) is 25.7. The molecule has 1 aromatic rings. The molecule has 0 spiro atoms. The van der Waals surface area contributed by atoms with Crippen LogP contribution in [0, 0.1) is 5.92 Å². The fourth-order valence-corrected chi connectivity index (χ4v) is 3.92. The number of thiol groups is 1. The third-order valence-electron chi connectivity index (χ3n) is 5.29. The third kappa shape index (κ3) is 6.95. The Bertz CT molecular complexity index is 802. The van der Waals surface area contributed by atoms with Gasteiger partial charge in [0.2, 0.25) is 17.7 Å². The molecule has 0 aliphatic carbocycles. The summed E-state index contributed by atoms with van der Waals surface area (Å²) in [4.78, 5) is 58.1. The second-order valence-corrected chi connectivity index (χ2v) is 8.71. The van der Waals surface area contributed by atoms with Crippen molar-refractivity contribution >= 4 is 36.3 Å². The standard InChI is InChI=1S/C20H32N6O5S/c1-11(2)6-13(21)19(29)26-5-3-4-16(26)18(28)24-14(7-12-8-22-10-23-12)17(27)25-15(9-32)20(30)31/h8,10-11,13-16,32H,3-7,9,21H2,1-2H3,(H,22,23)(H,24,28)(H,25,27)(H,30,31). The lowest BCUT2D eigenvalue weighted by atomic mass is 10.0. The zero-order valence-corrected chi connectivity index (χ0v) is 19.2. The van der Waals surface area contributed by atoms with Crippen molar-refractivity contribution in [1.29, 1.82) is 0 Å². The molecule has 0 bridgehead atoms. The molecule has 2 heterocycles. The summed E-state index contributed by atoms with van der Waals surface area (Å²) < 4.78 is 0. The quantitative estimate of drug-likeness (QED) is 0.233. The van der Waals surface area contributed by atoms with Crippen LogP contribution >= 0.6 is 12.6 Å². The van der Waals surface area contributed by atoms with Crippen LogP contribution in [0.2, 0.25) is 0 Å². The second-order valence-electron chi connectivity index (χ2n) is 8.35. The van der Waals surface area contributed by atoms with E-state index in [0.29, 0.717) is 31.5 Å². The first-order chi connectivity index (χ1) is 15.1. The number of aromatic nitrogens is 2. The predicted molar refractivity (Wildman–Crippen MR) is 120 cm³/mol. The molecular weight excluding hydrogens is 436 g/mol. The van der Waals surface area contributed by atoms with Crippen molar-refractivity contribution in [2.24, 2.45) is 11.7 Å². The number of likely N-dealkylation sites (tertiary alicyclic amines) is 1. The summed E-state index contributed by atoms with van der Waals surface area (Å²) in [6.07, 6.45) is 4.64. The lowest BCUT2D eigenvalue weighted by Crippen LogP contribution is -2.57. The summed E-state index contributed by atoms with van der Waals surface area (Å²) in [5.41, 5.74) is 6.62. The second kappa shape index (κ2) is 11.9. The molecule has 0 saturated carbocycles. The molecule has 0 aromatic carbocycles. The van der Waals surface area contributed by atoms with Crippen molar-refractivity contribution in [3.8, 4) is 0 Å². The van der Waals surface area contributed by atoms with Crippen molar-refractivity contribution in [3.05, 3.63) is 18.2 Å². The summed E-state index contributed by atoms with van der Waals surface area (Å²) in [7, 11) is 0. The predicted octanol–water partition coefficient (Wildman–Crippen LogP) is -0.699. The molecule has 0 radical (unpaired) electrons. The molecule has 1 aliphatic rings. The van der Waals surface area contributed by atoms with Crippen LogP contribution in [0.25, 0.3) is 0 Å². The van der Waals surface area contributed by atoms with E-state index in [1.165, 1.54) is 17.4 Å². The maximum atomic E-state index is 13.1. The lowest BCUT2D eigenvalue weighted by Gasteiger charge is -2.29. The van der Waals surface area contributed by atoms with Gasteiger partial charge in [-0.1, -0.05) is 13.8 Å². The van der Waals surface area contributed by atoms with Gasteiger partial charge in [0.05, 0.1) is 12.4 Å². The first-order valence-corrected chi connectivity index (χ1v) is 11.2. The number of aromatic amines is 1. The number of H-pyrrole nitrogens is 1. The molecule has 4 atom stereocenters. The third-order valence-corrected chi connectivity index (χ3v) is 5.66. The van der Waals surface area contributed by atoms with Gasteiger partial charge >= 0.3 is 5.97 Å². The van der Waals surface area contributed by atoms with E-state index < -0.39 is 42.0 Å². The molecule has 178 valence electrons. The van der Waals surface area contributed by atoms with Gasteiger partial charge in [-0.05, 0) is 25.2 Å². The van der Waals surface area contributed by atoms with E-state index in [-0.39, 0.29) is 24.0 Å². The Balaban J connectivity index is 2.13. The van der Waals surface area contributed by atoms with Gasteiger partial charge in [-0.15, -0.1) is 0 Å². The smallest absolute Gasteiger partial charge is 0.327 e. The summed E-state index contributed by atoms with van der Waals surface area (Å²) in [5.74, 6) is -2.53. The van der Waals surface area contributed by atoms with Gasteiger partial charge < -0.3 is 31.4 Å². The number of carboxylic acids is 1. The number of rotatable bonds is 11. The first-order valence-electron chi connectivity index (χ1n) is 10.6. The number of aliphatic carboxylic acids is 1. The van der Waals surface area contributed by atoms with Gasteiger partial charge in [-0.3, -0.25) is 14.4 Å². The number of hydrogen-bond donors (Lipinski definition) is 6. The lowest BCUT2D eigenvalue weighted by molar-refractivity contribution is -0.142. The number of hydrogen-bond acceptors (Lipinski definition) is 7. The molecule has 2 rings (SSSR count). The maximum absolute atomic E-state index is 13.1. The Labute approximate surface area is 192 Å². The minimum atomic E-state index is -1.23. The van der Waals surface area contributed by atoms with Crippen molar-refractivity contribution in [2.45, 2.75) is 63.7 Å². The summed E-state index contributed by atoms with van der Waals surface area (Å²) in [5, 5.41) is 14.3. The van der Waals surface area contributed by atoms with Crippen molar-refractivity contribution < 1.29 is 24.3 Å². The highest BCUT2D eigenvalue weighted by atomic mass is 32.1. The van der Waals surface area contributed by atoms with E-state index >= 15 is 0 Å². The average Bonchev–Trinajstić information content (AvgIpc) is 3.41. The highest BCUT2D eigenvalue weighted by Crippen LogP contribution is 2.20. The number of nitrogens with two attached hydrogens (primary N) is 1. The molecular formula is C20H32N6O5S. The van der Waals surface area contributed by atoms with E-state index in [4.69, 9.17) is 5.73 Å². The SMILES string of the molecule is CC(C)CC(N)C(=O)N1CCCC1C(=O)NC(Cc1cnc[nH]1)C(=O)NC(CS)C(=O)O. The zero-order valence-electron chi connectivity index (χ0n) is 18.3. The summed E-state index contributed by atoms with van der Waals surface area (Å²) in [6.45, 7) is 4.35. The van der Waals surface area contributed by atoms with Crippen LogP contribution in [0.5, 0.6) is 0 Å². The number of nitrogens with zero attached hydrogens (tertiary/aromatic N) is 2. The summed E-state index contributed by atoms with van der Waals surface area (Å²) >= 11 is 3.95. The van der Waals surface area contributed by atoms with E-state index in [9.17, 15) is 24.3 Å². The highest BCUT2D eigenvalue weighted by molar-refractivity contribution is 7.80. The number of amides is 3. The molecule has 4 unspecified atom stereocenters. The van der Waals surface area contributed by atoms with Gasteiger partial charge in [-0.2, -0.15) is 12.6 Å². The normalized spacial score (nSPS) is 18.8. The number of carbonyl (C=O) groups excluding carboxylic acids is 3. The van der Waals surface area contributed by atoms with Crippen LogP contribution in [-0.2, 0) is 25.6 Å². The van der Waals surface area contributed by atoms with Gasteiger partial charge in [-0.25, -0.2) is 9.78 Å². The van der Waals surface area contributed by atoms with Crippen LogP contribution in [0.3, 0.4) is 0 Å². The minimum Gasteiger partial charge on any atom is -0.480 e. The fourth-order valence-electron chi connectivity index (χ4n) is 3.68. The molecule has 11 nitrogen and oxygen atoms in total. The maximum Gasteiger partial charge on any atom is 0.327 e. The largest absolute Gasteiger partial charge is 0.480 e. The van der Waals surface area contributed by atoms with Gasteiger partial charge in [0, 0.05) is 30.6 Å². The van der Waals surface area contributed by atoms with Crippen LogP contribution in [0.4, 0.5) is 0 Å². The Hall–Kier alpha value is -2.60. The molecule has 12 heteroatoms. The Kier molecular flexibility index (Phi) is 9.51. The molecule has 32 heavy (non-hydrogen) atoms. The molecule has 1 fully saturated rings. The van der Waals surface area contributed by atoms with Crippen molar-refractivity contribution in [1.82, 2.24) is 25.5 Å². The molecule has 3 amide bonds. The van der Waals surface area contributed by atoms with E-state index in [0.717, 1.165) is 0 Å². The topological polar surface area (TPSA) is 171 Å². The van der Waals surface area contributed by atoms with Gasteiger partial charge in [0.15, 0.2) is 0 Å². The van der Waals surface area contributed by atoms with Crippen molar-refractivity contribution in [2.75, 3.05) is 12.3 Å². The molecule has 6 N–H and O–H groups in total. The fraction of sp³-hybridized carbons (Fsp3) is 0.650. The number of nitrogens with one attached hydrogen (secondary N) is 3. The monoisotopic (exact) mass is 468 g/mol. The van der Waals surface area contributed by atoms with Crippen LogP contribution in [-0.4, -0.2) is 80.1 Å². The number of carboxylic acid groups (broad SMARTS) is 1. The number of imidazole rings is 1. The van der Waals surface area contributed by atoms with Crippen LogP contribution in [0.1, 0.15) is 38.8 Å². The van der Waals surface area contributed by atoms with E-state index in [1.54, 1.807) is 0 Å². The number of carbonyl (C=O) groups is 4. The van der Waals surface area contributed by atoms with Gasteiger partial charge in [0.25, 0.3) is 0 Å². The van der Waals surface area contributed by atoms with Gasteiger partial charge in [0.1, 0.15) is 18.1 Å². The summed E-state index contributed by atoms with van der Waals surface area (Å²) in [6, 6.07) is -3.70. The highest BCUT2D eigenvalue weighted by Gasteiger charge is 2.38. The molecule has 1 aliphatic heterocycles. The van der Waals surface area contributed by atoms with Crippen LogP contribution in [0.15, 0.2) is 12.5 Å². The zero-order chi connectivity index (χ0) is 23.8. The molecule has 1 aromatic heterocycles. The average molecular weight is 469 g/mol. The Morgan fingerprint density at radius 1 is 1.31 bits per heavy atom. The Morgan fingerprint density at radius 2 is 2.03 bits per heavy atom. The van der Waals surface area contributed by atoms with E-state index in [2.05, 4.69) is 33.2 Å². The van der Waals surface area contributed by atoms with Crippen LogP contribution < -0.4 is 16.4 Å². The van der Waals surface area contributed by atoms with Crippen molar-refractivity contribution in [3.63, 3.8) is 0 Å². The van der Waals surface area contributed by atoms with E-state index in [1.807, 2.05) is 13.8 Å².